The van der Waals surface area contributed by atoms with E-state index in [0.717, 1.165) is 55.5 Å². The van der Waals surface area contributed by atoms with Gasteiger partial charge in [0.2, 0.25) is 5.91 Å². The Hall–Kier alpha value is -2.78. The van der Waals surface area contributed by atoms with Crippen molar-refractivity contribution in [1.29, 1.82) is 0 Å². The second-order valence-corrected chi connectivity index (χ2v) is 10.8. The number of ether oxygens (including phenoxy) is 1. The molecule has 2 aromatic carbocycles. The molecule has 2 aromatic rings. The third-order valence-electron chi connectivity index (χ3n) is 7.13. The highest BCUT2D eigenvalue weighted by Gasteiger charge is 2.34. The van der Waals surface area contributed by atoms with Crippen molar-refractivity contribution >= 4 is 11.6 Å². The molecule has 6 nitrogen and oxygen atoms in total. The smallest absolute Gasteiger partial charge is 0.416 e. The second-order valence-electron chi connectivity index (χ2n) is 10.8. The summed E-state index contributed by atoms with van der Waals surface area (Å²) in [6.07, 6.45) is -2.23. The Morgan fingerprint density at radius 2 is 1.89 bits per heavy atom. The van der Waals surface area contributed by atoms with Crippen molar-refractivity contribution in [3.8, 4) is 5.75 Å². The van der Waals surface area contributed by atoms with Crippen LogP contribution in [0.1, 0.15) is 43.4 Å². The first-order valence-corrected chi connectivity index (χ1v) is 13.5. The number of amides is 1. The lowest BCUT2D eigenvalue weighted by Crippen LogP contribution is -2.40. The van der Waals surface area contributed by atoms with Gasteiger partial charge in [0, 0.05) is 50.9 Å². The number of fused-ring (bicyclic) bond motifs is 1. The summed E-state index contributed by atoms with van der Waals surface area (Å²) in [5.41, 5.74) is 1.19. The van der Waals surface area contributed by atoms with Crippen LogP contribution in [0.2, 0.25) is 0 Å². The molecule has 9 heteroatoms. The number of carbonyl (C=O) groups excluding carboxylic acids is 1. The van der Waals surface area contributed by atoms with Crippen LogP contribution in [0.4, 0.5) is 18.9 Å². The molecule has 4 rings (SSSR count). The normalized spacial score (nSPS) is 16.2. The summed E-state index contributed by atoms with van der Waals surface area (Å²) in [7, 11) is 2.00. The predicted molar refractivity (Wildman–Crippen MR) is 143 cm³/mol. The average Bonchev–Trinajstić information content (AvgIpc) is 3.72. The van der Waals surface area contributed by atoms with Crippen molar-refractivity contribution in [3.05, 3.63) is 59.2 Å². The first kappa shape index (κ1) is 28.2. The zero-order valence-corrected chi connectivity index (χ0v) is 22.6. The van der Waals surface area contributed by atoms with E-state index >= 15 is 0 Å². The van der Waals surface area contributed by atoms with E-state index in [0.29, 0.717) is 31.7 Å². The number of halogens is 3. The molecule has 1 aliphatic heterocycles. The van der Waals surface area contributed by atoms with Crippen molar-refractivity contribution in [1.82, 2.24) is 14.7 Å². The Balaban J connectivity index is 1.47. The quantitative estimate of drug-likeness (QED) is 0.437. The molecule has 1 N–H and O–H groups in total. The fourth-order valence-corrected chi connectivity index (χ4v) is 4.98. The van der Waals surface area contributed by atoms with Gasteiger partial charge in [-0.25, -0.2) is 0 Å². The van der Waals surface area contributed by atoms with E-state index in [-0.39, 0.29) is 24.6 Å². The molecule has 1 saturated carbocycles. The van der Waals surface area contributed by atoms with E-state index in [9.17, 15) is 18.0 Å². The monoisotopic (exact) mass is 532 g/mol. The number of para-hydroxylation sites is 1. The van der Waals surface area contributed by atoms with Crippen molar-refractivity contribution in [2.45, 2.75) is 52.0 Å². The van der Waals surface area contributed by atoms with E-state index in [1.165, 1.54) is 17.0 Å². The number of nitrogens with one attached hydrogen (secondary N) is 1. The van der Waals surface area contributed by atoms with Gasteiger partial charge in [0.1, 0.15) is 12.4 Å². The summed E-state index contributed by atoms with van der Waals surface area (Å²) in [4.78, 5) is 19.5. The lowest BCUT2D eigenvalue weighted by Gasteiger charge is -2.27. The molecular weight excluding hydrogens is 493 g/mol. The first-order chi connectivity index (χ1) is 18.1. The highest BCUT2D eigenvalue weighted by atomic mass is 19.4. The number of nitrogens with zero attached hydrogens (tertiary/aromatic N) is 3. The lowest BCUT2D eigenvalue weighted by molar-refractivity contribution is -0.139. The van der Waals surface area contributed by atoms with Crippen LogP contribution in [0, 0.1) is 5.92 Å². The molecule has 1 aliphatic carbocycles. The molecule has 2 aliphatic rings. The molecule has 1 heterocycles. The number of benzene rings is 2. The Morgan fingerprint density at radius 1 is 1.13 bits per heavy atom. The van der Waals surface area contributed by atoms with Gasteiger partial charge >= 0.3 is 6.18 Å². The summed E-state index contributed by atoms with van der Waals surface area (Å²) >= 11 is 0. The number of rotatable bonds is 11. The predicted octanol–water partition coefficient (Wildman–Crippen LogP) is 5.09. The maximum absolute atomic E-state index is 13.6. The molecule has 208 valence electrons. The van der Waals surface area contributed by atoms with Crippen LogP contribution in [0.5, 0.6) is 5.75 Å². The Morgan fingerprint density at radius 3 is 2.61 bits per heavy atom. The fourth-order valence-electron chi connectivity index (χ4n) is 4.98. The summed E-state index contributed by atoms with van der Waals surface area (Å²) < 4.78 is 47.0. The zero-order valence-electron chi connectivity index (χ0n) is 22.6. The van der Waals surface area contributed by atoms with Crippen LogP contribution in [-0.2, 0) is 24.1 Å². The minimum Gasteiger partial charge on any atom is -0.490 e. The Kier molecular flexibility index (Phi) is 9.20. The Bertz CT molecular complexity index is 1090. The maximum atomic E-state index is 13.6. The highest BCUT2D eigenvalue weighted by Crippen LogP contribution is 2.34. The summed E-state index contributed by atoms with van der Waals surface area (Å²) in [5, 5.41) is 3.22. The highest BCUT2D eigenvalue weighted by molar-refractivity contribution is 5.81. The molecule has 0 atom stereocenters. The van der Waals surface area contributed by atoms with E-state index < -0.39 is 11.7 Å². The van der Waals surface area contributed by atoms with Crippen molar-refractivity contribution in [3.63, 3.8) is 0 Å². The molecule has 0 unspecified atom stereocenters. The van der Waals surface area contributed by atoms with Gasteiger partial charge in [-0.3, -0.25) is 9.69 Å². The van der Waals surface area contributed by atoms with Crippen LogP contribution in [-0.4, -0.2) is 73.0 Å². The standard InChI is InChI=1S/C29H39F3N4O2/c1-21(2)18-35-15-16-38-28-23(19-35)8-6-10-26(28)33-17-27(37)36(14-13-34(3)24-11-12-24)20-22-7-4-5-9-25(22)29(30,31)32/h4-10,21,24,33H,11-20H2,1-3H3. The van der Waals surface area contributed by atoms with Crippen LogP contribution < -0.4 is 10.1 Å². The first-order valence-electron chi connectivity index (χ1n) is 13.5. The molecular formula is C29H39F3N4O2. The zero-order chi connectivity index (χ0) is 27.3. The van der Waals surface area contributed by atoms with Crippen molar-refractivity contribution < 1.29 is 22.7 Å². The van der Waals surface area contributed by atoms with Crippen LogP contribution in [0.3, 0.4) is 0 Å². The number of carbonyl (C=O) groups is 1. The molecule has 0 radical (unpaired) electrons. The largest absolute Gasteiger partial charge is 0.490 e. The van der Waals surface area contributed by atoms with Gasteiger partial charge in [-0.2, -0.15) is 13.2 Å². The molecule has 38 heavy (non-hydrogen) atoms. The minimum absolute atomic E-state index is 0.0309. The second kappa shape index (κ2) is 12.4. The van der Waals surface area contributed by atoms with Gasteiger partial charge in [-0.05, 0) is 43.5 Å². The molecule has 0 aromatic heterocycles. The van der Waals surface area contributed by atoms with Crippen molar-refractivity contribution in [2.24, 2.45) is 5.92 Å². The van der Waals surface area contributed by atoms with E-state index in [1.54, 1.807) is 6.07 Å². The summed E-state index contributed by atoms with van der Waals surface area (Å²) in [5.74, 6) is 1.04. The van der Waals surface area contributed by atoms with Crippen LogP contribution in [0.15, 0.2) is 42.5 Å². The fraction of sp³-hybridized carbons (Fsp3) is 0.552. The van der Waals surface area contributed by atoms with Crippen molar-refractivity contribution in [2.75, 3.05) is 51.7 Å². The average molecular weight is 533 g/mol. The molecule has 0 bridgehead atoms. The minimum atomic E-state index is -4.48. The van der Waals surface area contributed by atoms with Gasteiger partial charge < -0.3 is 19.9 Å². The Labute approximate surface area is 223 Å². The molecule has 0 spiro atoms. The number of hydrogen-bond acceptors (Lipinski definition) is 5. The number of alkyl halides is 3. The van der Waals surface area contributed by atoms with Gasteiger partial charge in [-0.15, -0.1) is 0 Å². The van der Waals surface area contributed by atoms with E-state index in [1.807, 2.05) is 25.2 Å². The molecule has 0 saturated heterocycles. The summed E-state index contributed by atoms with van der Waals surface area (Å²) in [6, 6.07) is 11.9. The van der Waals surface area contributed by atoms with Gasteiger partial charge in [0.15, 0.2) is 0 Å². The SMILES string of the molecule is CC(C)CN1CCOc2c(cccc2NCC(=O)N(CCN(C)C2CC2)Cc2ccccc2C(F)(F)F)C1. The maximum Gasteiger partial charge on any atom is 0.416 e. The van der Waals surface area contributed by atoms with Gasteiger partial charge in [-0.1, -0.05) is 44.2 Å². The number of likely N-dealkylation sites (N-methyl/N-ethyl adjacent to an activating group) is 1. The van der Waals surface area contributed by atoms with Gasteiger partial charge in [0.05, 0.1) is 17.8 Å². The van der Waals surface area contributed by atoms with Crippen LogP contribution >= 0.6 is 0 Å². The third kappa shape index (κ3) is 7.63. The van der Waals surface area contributed by atoms with Gasteiger partial charge in [0.25, 0.3) is 0 Å². The molecule has 1 amide bonds. The van der Waals surface area contributed by atoms with E-state index in [4.69, 9.17) is 4.74 Å². The van der Waals surface area contributed by atoms with Crippen LogP contribution in [0.25, 0.3) is 0 Å². The lowest BCUT2D eigenvalue weighted by atomic mass is 10.1. The topological polar surface area (TPSA) is 48.1 Å². The summed E-state index contributed by atoms with van der Waals surface area (Å²) in [6.45, 7) is 8.35. The third-order valence-corrected chi connectivity index (χ3v) is 7.13. The van der Waals surface area contributed by atoms with E-state index in [2.05, 4.69) is 29.0 Å². The molecule has 1 fully saturated rings. The number of anilines is 1. The number of hydrogen-bond donors (Lipinski definition) is 1.